The average molecular weight is 259 g/mol. The molecule has 0 aromatic heterocycles. The largest absolute Gasteiger partial charge is 0.469 e. The van der Waals surface area contributed by atoms with Crippen molar-refractivity contribution in [1.82, 2.24) is 0 Å². The minimum Gasteiger partial charge on any atom is -0.469 e. The molecule has 1 atom stereocenters. The second-order valence-corrected chi connectivity index (χ2v) is 3.92. The van der Waals surface area contributed by atoms with E-state index in [1.165, 1.54) is 7.11 Å². The second-order valence-electron chi connectivity index (χ2n) is 3.15. The fourth-order valence-electron chi connectivity index (χ4n) is 1.46. The van der Waals surface area contributed by atoms with E-state index in [9.17, 15) is 4.79 Å². The molecule has 0 N–H and O–H groups in total. The molecule has 1 aliphatic heterocycles. The Morgan fingerprint density at radius 2 is 2.12 bits per heavy atom. The van der Waals surface area contributed by atoms with E-state index in [0.717, 1.165) is 0 Å². The van der Waals surface area contributed by atoms with Gasteiger partial charge in [0.25, 0.3) is 0 Å². The van der Waals surface area contributed by atoms with Crippen LogP contribution in [0, 0.1) is 0 Å². The van der Waals surface area contributed by atoms with Crippen LogP contribution >= 0.6 is 23.2 Å². The molecule has 0 fully saturated rings. The maximum absolute atomic E-state index is 11.5. The number of esters is 1. The number of carbonyl (C=O) groups excluding carboxylic acids is 1. The van der Waals surface area contributed by atoms with E-state index in [1.54, 1.807) is 24.3 Å². The van der Waals surface area contributed by atoms with Crippen molar-refractivity contribution in [2.45, 2.75) is 5.56 Å². The van der Waals surface area contributed by atoms with Gasteiger partial charge < -0.3 is 9.47 Å². The Kier molecular flexibility index (Phi) is 3.08. The van der Waals surface area contributed by atoms with Crippen molar-refractivity contribution in [3.8, 4) is 5.75 Å². The molecule has 5 heteroatoms. The number of carbonyl (C=O) groups is 1. The van der Waals surface area contributed by atoms with Gasteiger partial charge in [0, 0.05) is 5.56 Å². The third-order valence-electron chi connectivity index (χ3n) is 2.22. The number of fused-ring (bicyclic) bond motifs is 1. The Morgan fingerprint density at radius 1 is 1.44 bits per heavy atom. The molecule has 1 unspecified atom stereocenters. The van der Waals surface area contributed by atoms with Crippen LogP contribution in [0.15, 0.2) is 29.8 Å². The molecule has 1 aromatic carbocycles. The summed E-state index contributed by atoms with van der Waals surface area (Å²) in [5.74, 6) is -0.0281. The minimum atomic E-state index is -0.921. The molecule has 0 saturated carbocycles. The lowest BCUT2D eigenvalue weighted by Crippen LogP contribution is -2.24. The van der Waals surface area contributed by atoms with E-state index in [1.807, 2.05) is 0 Å². The molecule has 0 bridgehead atoms. The third kappa shape index (κ3) is 1.77. The first-order valence-corrected chi connectivity index (χ1v) is 5.34. The van der Waals surface area contributed by atoms with Crippen molar-refractivity contribution in [2.75, 3.05) is 7.11 Å². The number of halogens is 2. The van der Waals surface area contributed by atoms with Gasteiger partial charge in [-0.2, -0.15) is 0 Å². The summed E-state index contributed by atoms with van der Waals surface area (Å²) in [7, 11) is 1.27. The first-order chi connectivity index (χ1) is 7.65. The summed E-state index contributed by atoms with van der Waals surface area (Å²) in [6.07, 6.45) is 0. The molecular formula is C11H8Cl2O3. The number of ether oxygens (including phenoxy) is 2. The Morgan fingerprint density at radius 3 is 2.81 bits per heavy atom. The smallest absolute Gasteiger partial charge is 0.340 e. The summed E-state index contributed by atoms with van der Waals surface area (Å²) in [5.41, 5.74) is -0.152. The first kappa shape index (κ1) is 11.3. The van der Waals surface area contributed by atoms with Gasteiger partial charge in [-0.05, 0) is 12.1 Å². The van der Waals surface area contributed by atoms with Gasteiger partial charge in [0.2, 0.25) is 5.56 Å². The summed E-state index contributed by atoms with van der Waals surface area (Å²) in [6, 6.07) is 7.09. The molecule has 84 valence electrons. The molecule has 16 heavy (non-hydrogen) atoms. The van der Waals surface area contributed by atoms with Crippen molar-refractivity contribution >= 4 is 34.2 Å². The molecule has 1 heterocycles. The molecule has 3 nitrogen and oxygen atoms in total. The van der Waals surface area contributed by atoms with Crippen LogP contribution < -0.4 is 4.74 Å². The van der Waals surface area contributed by atoms with Gasteiger partial charge in [0.1, 0.15) is 11.3 Å². The standard InChI is InChI=1S/C11H8Cl2O3/c1-15-11(14)8-9(12)6-4-2-3-5-7(6)16-10(8)13/h2-5,10H,1H3. The number of rotatable bonds is 1. The highest BCUT2D eigenvalue weighted by molar-refractivity contribution is 6.52. The molecule has 0 aliphatic carbocycles. The molecule has 0 saturated heterocycles. The zero-order chi connectivity index (χ0) is 11.7. The number of methoxy groups -OCH3 is 1. The summed E-state index contributed by atoms with van der Waals surface area (Å²) in [6.45, 7) is 0. The molecule has 1 aliphatic rings. The van der Waals surface area contributed by atoms with Crippen molar-refractivity contribution < 1.29 is 14.3 Å². The molecule has 0 amide bonds. The lowest BCUT2D eigenvalue weighted by Gasteiger charge is -2.23. The SMILES string of the molecule is COC(=O)C1=C(Cl)c2ccccc2OC1Cl. The van der Waals surface area contributed by atoms with Crippen LogP contribution in [0.2, 0.25) is 0 Å². The maximum Gasteiger partial charge on any atom is 0.340 e. The zero-order valence-corrected chi connectivity index (χ0v) is 9.88. The van der Waals surface area contributed by atoms with E-state index >= 15 is 0 Å². The van der Waals surface area contributed by atoms with Crippen LogP contribution in [0.4, 0.5) is 0 Å². The topological polar surface area (TPSA) is 35.5 Å². The van der Waals surface area contributed by atoms with Crippen molar-refractivity contribution in [3.05, 3.63) is 35.4 Å². The van der Waals surface area contributed by atoms with Crippen LogP contribution in [0.25, 0.3) is 5.03 Å². The van der Waals surface area contributed by atoms with Crippen molar-refractivity contribution in [2.24, 2.45) is 0 Å². The molecule has 0 radical (unpaired) electrons. The minimum absolute atomic E-state index is 0.129. The number of para-hydroxylation sites is 1. The van der Waals surface area contributed by atoms with Gasteiger partial charge in [-0.15, -0.1) is 0 Å². The lowest BCUT2D eigenvalue weighted by molar-refractivity contribution is -0.136. The van der Waals surface area contributed by atoms with Gasteiger partial charge in [0.05, 0.1) is 12.1 Å². The van der Waals surface area contributed by atoms with Crippen LogP contribution in [-0.2, 0) is 9.53 Å². The van der Waals surface area contributed by atoms with E-state index in [-0.39, 0.29) is 10.6 Å². The number of hydrogen-bond acceptors (Lipinski definition) is 3. The van der Waals surface area contributed by atoms with Crippen LogP contribution in [0.1, 0.15) is 5.56 Å². The van der Waals surface area contributed by atoms with Gasteiger partial charge in [-0.1, -0.05) is 35.3 Å². The normalized spacial score (nSPS) is 18.8. The zero-order valence-electron chi connectivity index (χ0n) is 8.37. The number of benzene rings is 1. The Bertz CT molecular complexity index is 468. The van der Waals surface area contributed by atoms with Crippen molar-refractivity contribution in [1.29, 1.82) is 0 Å². The van der Waals surface area contributed by atoms with Gasteiger partial charge in [-0.25, -0.2) is 4.79 Å². The highest BCUT2D eigenvalue weighted by atomic mass is 35.5. The maximum atomic E-state index is 11.5. The monoisotopic (exact) mass is 258 g/mol. The van der Waals surface area contributed by atoms with E-state index in [0.29, 0.717) is 11.3 Å². The van der Waals surface area contributed by atoms with E-state index < -0.39 is 11.5 Å². The Labute approximate surface area is 103 Å². The summed E-state index contributed by atoms with van der Waals surface area (Å²) >= 11 is 12.0. The van der Waals surface area contributed by atoms with Gasteiger partial charge in [0.15, 0.2) is 0 Å². The van der Waals surface area contributed by atoms with Crippen molar-refractivity contribution in [3.63, 3.8) is 0 Å². The van der Waals surface area contributed by atoms with Gasteiger partial charge in [-0.3, -0.25) is 0 Å². The summed E-state index contributed by atoms with van der Waals surface area (Å²) in [5, 5.41) is 0.272. The van der Waals surface area contributed by atoms with Crippen LogP contribution in [0.3, 0.4) is 0 Å². The van der Waals surface area contributed by atoms with Gasteiger partial charge >= 0.3 is 5.97 Å². The lowest BCUT2D eigenvalue weighted by atomic mass is 10.1. The predicted octanol–water partition coefficient (Wildman–Crippen LogP) is 2.77. The van der Waals surface area contributed by atoms with Crippen LogP contribution in [-0.4, -0.2) is 18.6 Å². The van der Waals surface area contributed by atoms with E-state index in [4.69, 9.17) is 27.9 Å². The Hall–Kier alpha value is -1.19. The summed E-state index contributed by atoms with van der Waals surface area (Å²) in [4.78, 5) is 11.5. The average Bonchev–Trinajstić information content (AvgIpc) is 2.28. The third-order valence-corrected chi connectivity index (χ3v) is 2.94. The highest BCUT2D eigenvalue weighted by Gasteiger charge is 2.31. The van der Waals surface area contributed by atoms with Crippen LogP contribution in [0.5, 0.6) is 5.75 Å². The quantitative estimate of drug-likeness (QED) is 0.574. The highest BCUT2D eigenvalue weighted by Crippen LogP contribution is 2.39. The molecule has 0 spiro atoms. The van der Waals surface area contributed by atoms with E-state index in [2.05, 4.69) is 4.74 Å². The Balaban J connectivity index is 2.56. The summed E-state index contributed by atoms with van der Waals surface area (Å²) < 4.78 is 9.96. The first-order valence-electron chi connectivity index (χ1n) is 4.53. The molecular weight excluding hydrogens is 251 g/mol. The fourth-order valence-corrected chi connectivity index (χ4v) is 2.14. The molecule has 1 aromatic rings. The fraction of sp³-hybridized carbons (Fsp3) is 0.182. The molecule has 2 rings (SSSR count). The number of alkyl halides is 1. The second kappa shape index (κ2) is 4.36. The predicted molar refractivity (Wildman–Crippen MR) is 61.5 cm³/mol. The number of hydrogen-bond donors (Lipinski definition) is 0.